The molecule has 0 atom stereocenters. The van der Waals surface area contributed by atoms with Gasteiger partial charge in [-0.3, -0.25) is 0 Å². The molecule has 0 aliphatic carbocycles. The lowest BCUT2D eigenvalue weighted by molar-refractivity contribution is 0.432. The number of rotatable bonds is 6. The number of aromatic hydroxyl groups is 1. The number of hydrogen-bond acceptors (Lipinski definition) is 10. The predicted molar refractivity (Wildman–Crippen MR) is 243 cm³/mol. The molecule has 13 nitrogen and oxygen atoms in total. The first-order chi connectivity index (χ1) is 33.0. The van der Waals surface area contributed by atoms with Gasteiger partial charge in [-0.1, -0.05) is 75.1 Å². The highest BCUT2D eigenvalue weighted by atomic mass is 35.5. The number of hydrogen-bond donors (Lipinski definition) is 4. The van der Waals surface area contributed by atoms with E-state index in [2.05, 4.69) is 45.4 Å². The number of nitrogens with one attached hydrogen (secondary N) is 3. The van der Waals surface area contributed by atoms with Crippen molar-refractivity contribution in [1.82, 2.24) is 45.4 Å². The van der Waals surface area contributed by atoms with Crippen LogP contribution in [0.15, 0.2) is 148 Å². The molecule has 12 rings (SSSR count). The van der Waals surface area contributed by atoms with E-state index in [4.69, 9.17) is 36.8 Å². The third kappa shape index (κ3) is 7.96. The molecule has 0 spiro atoms. The molecule has 0 aliphatic heterocycles. The first-order valence-corrected chi connectivity index (χ1v) is 20.7. The molecule has 9 aromatic heterocycles. The van der Waals surface area contributed by atoms with E-state index < -0.39 is 29.1 Å². The first-order valence-electron chi connectivity index (χ1n) is 19.9. The average Bonchev–Trinajstić information content (AvgIpc) is 4.21. The van der Waals surface area contributed by atoms with Gasteiger partial charge in [0.25, 0.3) is 0 Å². The second kappa shape index (κ2) is 18.0. The summed E-state index contributed by atoms with van der Waals surface area (Å²) in [5.41, 5.74) is 5.47. The molecule has 0 bridgehead atoms. The van der Waals surface area contributed by atoms with Crippen molar-refractivity contribution in [2.75, 3.05) is 0 Å². The summed E-state index contributed by atoms with van der Waals surface area (Å²) in [4.78, 5) is 21.4. The lowest BCUT2D eigenvalue weighted by Crippen LogP contribution is -1.89. The van der Waals surface area contributed by atoms with Crippen LogP contribution in [0.2, 0.25) is 10.0 Å². The molecule has 336 valence electrons. The van der Waals surface area contributed by atoms with E-state index in [1.807, 2.05) is 12.1 Å². The standard InChI is InChI=1S/C16H8ClF2N3O.C16H9ClFN3O.C16H9F2N3O2/c17-8-4-10-11(6-21-16(10)20-5-8)15-12(7-22-23-15)9-2-1-3-13(18)14(9)19;17-13-5-1-3-9(14(13)18)12-8-21-22-15(12)11-7-20-16-10(11)4-2-6-19-16;17-13-3-1-2-9(14(13)18)12-7-21-23-15(12)11-6-20-16-10(11)4-8(22)5-19-16/h1-7H,(H,20,21);1-8H,(H,19,20);1-7,22H,(H,19,20). The van der Waals surface area contributed by atoms with Crippen molar-refractivity contribution in [2.45, 2.75) is 0 Å². The van der Waals surface area contributed by atoms with Crippen LogP contribution >= 0.6 is 23.2 Å². The summed E-state index contributed by atoms with van der Waals surface area (Å²) in [5, 5.41) is 23.5. The molecule has 0 amide bonds. The number of nitrogens with zero attached hydrogens (tertiary/aromatic N) is 6. The zero-order chi connectivity index (χ0) is 47.1. The summed E-state index contributed by atoms with van der Waals surface area (Å²) in [6, 6.07) is 19.6. The molecule has 3 aromatic carbocycles. The Labute approximate surface area is 387 Å². The first kappa shape index (κ1) is 43.3. The van der Waals surface area contributed by atoms with E-state index in [0.29, 0.717) is 72.0 Å². The smallest absolute Gasteiger partial charge is 0.176 e. The highest BCUT2D eigenvalue weighted by Crippen LogP contribution is 2.41. The fourth-order valence-electron chi connectivity index (χ4n) is 7.50. The SMILES string of the molecule is Fc1c(Cl)cccc1-c1cnoc1-c1c[nH]c2ncccc12.Fc1cccc(-c2cnoc2-c2c[nH]c3ncc(Cl)cc23)c1F.Oc1cnc2[nH]cc(-c3oncc3-c3cccc(F)c3F)c2c1. The second-order valence-electron chi connectivity index (χ2n) is 14.7. The molecule has 9 heterocycles. The fraction of sp³-hybridized carbons (Fsp3) is 0. The molecule has 0 aliphatic rings. The quantitative estimate of drug-likeness (QED) is 0.117. The van der Waals surface area contributed by atoms with Gasteiger partial charge in [0, 0.05) is 80.5 Å². The normalized spacial score (nSPS) is 11.2. The minimum Gasteiger partial charge on any atom is -0.506 e. The van der Waals surface area contributed by atoms with Gasteiger partial charge in [-0.15, -0.1) is 0 Å². The summed E-state index contributed by atoms with van der Waals surface area (Å²) in [6.07, 6.45) is 13.7. The number of benzene rings is 3. The van der Waals surface area contributed by atoms with E-state index in [9.17, 15) is 27.1 Å². The molecule has 0 fully saturated rings. The summed E-state index contributed by atoms with van der Waals surface area (Å²) < 4.78 is 85.3. The van der Waals surface area contributed by atoms with Crippen LogP contribution in [0, 0.1) is 29.1 Å². The van der Waals surface area contributed by atoms with E-state index >= 15 is 0 Å². The van der Waals surface area contributed by atoms with Crippen molar-refractivity contribution < 1.29 is 40.6 Å². The summed E-state index contributed by atoms with van der Waals surface area (Å²) >= 11 is 11.8. The molecular weight excluding hydrogens is 932 g/mol. The van der Waals surface area contributed by atoms with Crippen LogP contribution < -0.4 is 0 Å². The Morgan fingerprint density at radius 2 is 0.897 bits per heavy atom. The number of fused-ring (bicyclic) bond motifs is 3. The second-order valence-corrected chi connectivity index (χ2v) is 15.5. The highest BCUT2D eigenvalue weighted by Gasteiger charge is 2.24. The summed E-state index contributed by atoms with van der Waals surface area (Å²) in [7, 11) is 0. The Morgan fingerprint density at radius 1 is 0.441 bits per heavy atom. The molecule has 20 heteroatoms. The molecule has 4 N–H and O–H groups in total. The third-order valence-electron chi connectivity index (χ3n) is 10.6. The highest BCUT2D eigenvalue weighted by molar-refractivity contribution is 6.31. The molecule has 0 unspecified atom stereocenters. The van der Waals surface area contributed by atoms with E-state index in [1.54, 1.807) is 43.0 Å². The minimum absolute atomic E-state index is 0.0173. The molecule has 0 radical (unpaired) electrons. The van der Waals surface area contributed by atoms with Crippen LogP contribution in [0.3, 0.4) is 0 Å². The van der Waals surface area contributed by atoms with Crippen molar-refractivity contribution in [3.05, 3.63) is 174 Å². The topological polar surface area (TPSA) is 184 Å². The Balaban J connectivity index is 0.000000119. The van der Waals surface area contributed by atoms with Crippen LogP contribution in [0.5, 0.6) is 5.75 Å². The number of H-pyrrole nitrogens is 3. The van der Waals surface area contributed by atoms with Gasteiger partial charge in [-0.25, -0.2) is 36.9 Å². The zero-order valence-electron chi connectivity index (χ0n) is 34.2. The predicted octanol–water partition coefficient (Wildman–Crippen LogP) is 13.4. The van der Waals surface area contributed by atoms with Crippen molar-refractivity contribution >= 4 is 56.3 Å². The fourth-order valence-corrected chi connectivity index (χ4v) is 7.83. The number of halogens is 7. The number of aromatic amines is 3. The van der Waals surface area contributed by atoms with Gasteiger partial charge >= 0.3 is 0 Å². The maximum atomic E-state index is 14.3. The number of aromatic nitrogens is 9. The van der Waals surface area contributed by atoms with Crippen LogP contribution in [0.1, 0.15) is 0 Å². The molecule has 68 heavy (non-hydrogen) atoms. The van der Waals surface area contributed by atoms with Crippen molar-refractivity contribution in [3.8, 4) is 73.1 Å². The summed E-state index contributed by atoms with van der Waals surface area (Å²) in [5.74, 6) is -3.28. The van der Waals surface area contributed by atoms with Gasteiger partial charge in [-0.05, 0) is 42.5 Å². The molecular formula is C48H26Cl2F5N9O4. The third-order valence-corrected chi connectivity index (χ3v) is 11.1. The molecule has 12 aromatic rings. The van der Waals surface area contributed by atoms with Crippen molar-refractivity contribution in [3.63, 3.8) is 0 Å². The van der Waals surface area contributed by atoms with E-state index in [0.717, 1.165) is 28.7 Å². The zero-order valence-corrected chi connectivity index (χ0v) is 35.7. The monoisotopic (exact) mass is 957 g/mol. The largest absolute Gasteiger partial charge is 0.506 e. The van der Waals surface area contributed by atoms with Crippen LogP contribution in [0.4, 0.5) is 22.0 Å². The maximum absolute atomic E-state index is 14.3. The molecule has 0 saturated heterocycles. The van der Waals surface area contributed by atoms with E-state index in [1.165, 1.54) is 67.4 Å². The van der Waals surface area contributed by atoms with Crippen molar-refractivity contribution in [2.24, 2.45) is 0 Å². The maximum Gasteiger partial charge on any atom is 0.176 e. The Bertz CT molecular complexity index is 3640. The van der Waals surface area contributed by atoms with E-state index in [-0.39, 0.29) is 27.7 Å². The average molecular weight is 959 g/mol. The lowest BCUT2D eigenvalue weighted by Gasteiger charge is -2.03. The van der Waals surface area contributed by atoms with Gasteiger partial charge in [0.2, 0.25) is 0 Å². The van der Waals surface area contributed by atoms with Gasteiger partial charge in [0.05, 0.1) is 51.5 Å². The van der Waals surface area contributed by atoms with Crippen LogP contribution in [-0.4, -0.2) is 50.5 Å². The Kier molecular flexibility index (Phi) is 11.5. The van der Waals surface area contributed by atoms with Gasteiger partial charge in [0.15, 0.2) is 40.5 Å². The van der Waals surface area contributed by atoms with Crippen molar-refractivity contribution in [1.29, 1.82) is 0 Å². The van der Waals surface area contributed by atoms with Gasteiger partial charge < -0.3 is 33.6 Å². The van der Waals surface area contributed by atoms with Crippen LogP contribution in [-0.2, 0) is 0 Å². The van der Waals surface area contributed by atoms with Gasteiger partial charge in [0.1, 0.15) is 28.5 Å². The van der Waals surface area contributed by atoms with Gasteiger partial charge in [-0.2, -0.15) is 0 Å². The number of pyridine rings is 3. The lowest BCUT2D eigenvalue weighted by atomic mass is 10.0. The Morgan fingerprint density at radius 3 is 1.44 bits per heavy atom. The summed E-state index contributed by atoms with van der Waals surface area (Å²) in [6.45, 7) is 0. The minimum atomic E-state index is -0.974. The van der Waals surface area contributed by atoms with Crippen LogP contribution in [0.25, 0.3) is 100 Å². The Hall–Kier alpha value is -8.61. The molecule has 0 saturated carbocycles.